The van der Waals surface area contributed by atoms with Gasteiger partial charge >= 0.3 is 0 Å². The van der Waals surface area contributed by atoms with E-state index in [0.29, 0.717) is 44.1 Å². The van der Waals surface area contributed by atoms with E-state index < -0.39 is 0 Å². The highest BCUT2D eigenvalue weighted by Crippen LogP contribution is 2.45. The first kappa shape index (κ1) is 22.6. The Morgan fingerprint density at radius 1 is 1.41 bits per heavy atom. The molecular weight excluding hydrogens is 442 g/mol. The van der Waals surface area contributed by atoms with Crippen molar-refractivity contribution in [2.75, 3.05) is 5.32 Å². The molecule has 2 heterocycles. The summed E-state index contributed by atoms with van der Waals surface area (Å²) in [5, 5.41) is 18.0. The summed E-state index contributed by atoms with van der Waals surface area (Å²) in [6.45, 7) is 8.56. The van der Waals surface area contributed by atoms with Crippen molar-refractivity contribution in [2.24, 2.45) is 11.3 Å². The minimum atomic E-state index is -0.348. The molecule has 7 heteroatoms. The molecule has 3 aromatic rings. The van der Waals surface area contributed by atoms with Gasteiger partial charge in [-0.05, 0) is 49.1 Å². The zero-order chi connectivity index (χ0) is 23.0. The molecule has 2 aromatic heterocycles. The highest BCUT2D eigenvalue weighted by atomic mass is 35.5. The number of anilines is 1. The van der Waals surface area contributed by atoms with E-state index in [1.807, 2.05) is 12.1 Å². The first-order chi connectivity index (χ1) is 15.3. The van der Waals surface area contributed by atoms with Crippen molar-refractivity contribution in [2.45, 2.75) is 53.4 Å². The van der Waals surface area contributed by atoms with Crippen LogP contribution in [0.25, 0.3) is 11.3 Å². The van der Waals surface area contributed by atoms with Crippen molar-refractivity contribution in [3.8, 4) is 17.3 Å². The van der Waals surface area contributed by atoms with Gasteiger partial charge in [-0.15, -0.1) is 11.3 Å². The van der Waals surface area contributed by atoms with E-state index in [-0.39, 0.29) is 11.3 Å². The van der Waals surface area contributed by atoms with Gasteiger partial charge in [0.1, 0.15) is 28.1 Å². The third-order valence-electron chi connectivity index (χ3n) is 6.84. The Morgan fingerprint density at radius 2 is 2.16 bits per heavy atom. The Labute approximate surface area is 197 Å². The second-order valence-corrected chi connectivity index (χ2v) is 10.5. The summed E-state index contributed by atoms with van der Waals surface area (Å²) < 4.78 is 5.33. The molecule has 1 aromatic carbocycles. The predicted molar refractivity (Wildman–Crippen MR) is 128 cm³/mol. The van der Waals surface area contributed by atoms with Gasteiger partial charge in [0.05, 0.1) is 10.6 Å². The second kappa shape index (κ2) is 8.73. The molecule has 1 aliphatic carbocycles. The lowest BCUT2D eigenvalue weighted by Crippen LogP contribution is -2.28. The molecule has 1 amide bonds. The van der Waals surface area contributed by atoms with Gasteiger partial charge in [-0.2, -0.15) is 5.26 Å². The van der Waals surface area contributed by atoms with Crippen molar-refractivity contribution >= 4 is 33.8 Å². The zero-order valence-electron chi connectivity index (χ0n) is 18.7. The summed E-state index contributed by atoms with van der Waals surface area (Å²) in [6.07, 6.45) is 4.00. The van der Waals surface area contributed by atoms with Gasteiger partial charge in [-0.3, -0.25) is 4.79 Å². The Balaban J connectivity index is 1.66. The first-order valence-electron chi connectivity index (χ1n) is 10.8. The minimum absolute atomic E-state index is 0.251. The Hall–Kier alpha value is -2.62. The maximum absolute atomic E-state index is 13.3. The number of benzene rings is 1. The molecule has 5 nitrogen and oxygen atoms in total. The van der Waals surface area contributed by atoms with Crippen LogP contribution in [-0.4, -0.2) is 11.1 Å². The first-order valence-corrected chi connectivity index (χ1v) is 12.0. The van der Waals surface area contributed by atoms with E-state index in [1.54, 1.807) is 19.1 Å². The van der Waals surface area contributed by atoms with Gasteiger partial charge in [0.25, 0.3) is 5.91 Å². The van der Waals surface area contributed by atoms with Crippen LogP contribution in [0.2, 0.25) is 5.02 Å². The third kappa shape index (κ3) is 3.96. The second-order valence-electron chi connectivity index (χ2n) is 9.00. The van der Waals surface area contributed by atoms with Crippen LogP contribution in [0.15, 0.2) is 28.8 Å². The molecule has 0 fully saturated rings. The standard InChI is InChI=1S/C25H26ClN3O2S/c1-5-25(3,4)15-10-11-16-18(13-27)24(32-20(16)12-15)28-23(30)21-14(2)31-29-22(21)17-8-6-7-9-19(17)26/h6-9,15H,5,10-12H2,1-4H3,(H,28,30). The maximum atomic E-state index is 13.3. The van der Waals surface area contributed by atoms with Crippen LogP contribution >= 0.6 is 22.9 Å². The number of hydrogen-bond acceptors (Lipinski definition) is 5. The summed E-state index contributed by atoms with van der Waals surface area (Å²) in [7, 11) is 0. The number of fused-ring (bicyclic) bond motifs is 1. The van der Waals surface area contributed by atoms with Gasteiger partial charge in [-0.25, -0.2) is 0 Å². The summed E-state index contributed by atoms with van der Waals surface area (Å²) in [4.78, 5) is 14.5. The Morgan fingerprint density at radius 3 is 2.84 bits per heavy atom. The van der Waals surface area contributed by atoms with E-state index >= 15 is 0 Å². The highest BCUT2D eigenvalue weighted by Gasteiger charge is 2.34. The van der Waals surface area contributed by atoms with E-state index in [2.05, 4.69) is 37.3 Å². The number of halogens is 1. The molecule has 0 spiro atoms. The van der Waals surface area contributed by atoms with Crippen LogP contribution in [0.5, 0.6) is 0 Å². The number of nitriles is 1. The van der Waals surface area contributed by atoms with Crippen LogP contribution in [0.4, 0.5) is 5.00 Å². The van der Waals surface area contributed by atoms with E-state index in [1.165, 1.54) is 16.2 Å². The average molecular weight is 468 g/mol. The average Bonchev–Trinajstić information content (AvgIpc) is 3.32. The molecule has 166 valence electrons. The Bertz CT molecular complexity index is 1220. The van der Waals surface area contributed by atoms with Crippen molar-refractivity contribution in [1.29, 1.82) is 5.26 Å². The molecule has 1 unspecified atom stereocenters. The molecule has 1 atom stereocenters. The SMILES string of the molecule is CCC(C)(C)C1CCc2c(sc(NC(=O)c3c(-c4ccccc4Cl)noc3C)c2C#N)C1. The van der Waals surface area contributed by atoms with Crippen LogP contribution in [0, 0.1) is 29.6 Å². The fraction of sp³-hybridized carbons (Fsp3) is 0.400. The maximum Gasteiger partial charge on any atom is 0.262 e. The van der Waals surface area contributed by atoms with Crippen LogP contribution in [-0.2, 0) is 12.8 Å². The number of rotatable bonds is 5. The van der Waals surface area contributed by atoms with E-state index in [4.69, 9.17) is 16.1 Å². The lowest BCUT2D eigenvalue weighted by molar-refractivity contribution is 0.102. The van der Waals surface area contributed by atoms with Crippen molar-refractivity contribution in [3.05, 3.63) is 56.6 Å². The summed E-state index contributed by atoms with van der Waals surface area (Å²) >= 11 is 7.85. The van der Waals surface area contributed by atoms with E-state index in [9.17, 15) is 10.1 Å². The fourth-order valence-electron chi connectivity index (χ4n) is 4.39. The topological polar surface area (TPSA) is 78.9 Å². The lowest BCUT2D eigenvalue weighted by atomic mass is 9.69. The number of amides is 1. The molecule has 0 radical (unpaired) electrons. The van der Waals surface area contributed by atoms with Gasteiger partial charge in [0, 0.05) is 10.4 Å². The number of carbonyl (C=O) groups excluding carboxylic acids is 1. The summed E-state index contributed by atoms with van der Waals surface area (Å²) in [5.41, 5.74) is 3.28. The lowest BCUT2D eigenvalue weighted by Gasteiger charge is -2.36. The predicted octanol–water partition coefficient (Wildman–Crippen LogP) is 7.03. The Kier molecular flexibility index (Phi) is 6.15. The fourth-order valence-corrected chi connectivity index (χ4v) is 5.89. The monoisotopic (exact) mass is 467 g/mol. The molecular formula is C25H26ClN3O2S. The molecule has 1 N–H and O–H groups in total. The van der Waals surface area contributed by atoms with Crippen LogP contribution in [0.1, 0.15) is 65.7 Å². The molecule has 1 aliphatic rings. The third-order valence-corrected chi connectivity index (χ3v) is 8.34. The molecule has 32 heavy (non-hydrogen) atoms. The quantitative estimate of drug-likeness (QED) is 0.436. The number of hydrogen-bond donors (Lipinski definition) is 1. The number of aryl methyl sites for hydroxylation is 1. The highest BCUT2D eigenvalue weighted by molar-refractivity contribution is 7.16. The number of nitrogens with zero attached hydrogens (tertiary/aromatic N) is 2. The van der Waals surface area contributed by atoms with Crippen molar-refractivity contribution < 1.29 is 9.32 Å². The number of nitrogens with one attached hydrogen (secondary N) is 1. The molecule has 0 saturated heterocycles. The van der Waals surface area contributed by atoms with Gasteiger partial charge in [-0.1, -0.05) is 62.1 Å². The van der Waals surface area contributed by atoms with Gasteiger partial charge in [0.2, 0.25) is 0 Å². The zero-order valence-corrected chi connectivity index (χ0v) is 20.3. The molecule has 0 saturated carbocycles. The van der Waals surface area contributed by atoms with Crippen LogP contribution in [0.3, 0.4) is 0 Å². The van der Waals surface area contributed by atoms with Crippen LogP contribution < -0.4 is 5.32 Å². The number of carbonyl (C=O) groups is 1. The summed E-state index contributed by atoms with van der Waals surface area (Å²) in [5.74, 6) is 0.627. The normalized spacial score (nSPS) is 15.8. The summed E-state index contributed by atoms with van der Waals surface area (Å²) in [6, 6.07) is 9.53. The largest absolute Gasteiger partial charge is 0.360 e. The van der Waals surface area contributed by atoms with E-state index in [0.717, 1.165) is 31.2 Å². The molecule has 0 bridgehead atoms. The number of aromatic nitrogens is 1. The smallest absolute Gasteiger partial charge is 0.262 e. The molecule has 0 aliphatic heterocycles. The number of thiophene rings is 1. The van der Waals surface area contributed by atoms with Crippen molar-refractivity contribution in [3.63, 3.8) is 0 Å². The molecule has 4 rings (SSSR count). The van der Waals surface area contributed by atoms with Gasteiger partial charge < -0.3 is 9.84 Å². The minimum Gasteiger partial charge on any atom is -0.360 e. The van der Waals surface area contributed by atoms with Crippen molar-refractivity contribution in [1.82, 2.24) is 5.16 Å². The van der Waals surface area contributed by atoms with Gasteiger partial charge in [0.15, 0.2) is 0 Å².